The van der Waals surface area contributed by atoms with Gasteiger partial charge < -0.3 is 4.74 Å². The van der Waals surface area contributed by atoms with Crippen molar-refractivity contribution in [2.45, 2.75) is 19.5 Å². The van der Waals surface area contributed by atoms with Crippen molar-refractivity contribution in [2.24, 2.45) is 4.99 Å². The van der Waals surface area contributed by atoms with Gasteiger partial charge in [0.05, 0.1) is 11.3 Å². The molecule has 2 aromatic rings. The molecule has 0 amide bonds. The Kier molecular flexibility index (Phi) is 5.73. The van der Waals surface area contributed by atoms with Gasteiger partial charge in [0.1, 0.15) is 19.3 Å². The van der Waals surface area contributed by atoms with E-state index in [1.807, 2.05) is 6.92 Å². The molecule has 1 aromatic carbocycles. The lowest BCUT2D eigenvalue weighted by molar-refractivity contribution is -0.137. The van der Waals surface area contributed by atoms with Crippen molar-refractivity contribution in [3.63, 3.8) is 0 Å². The van der Waals surface area contributed by atoms with Crippen molar-refractivity contribution in [2.75, 3.05) is 13.2 Å². The molecule has 0 aliphatic rings. The number of halogens is 4. The average molecular weight is 347 g/mol. The van der Waals surface area contributed by atoms with E-state index in [0.717, 1.165) is 12.5 Å². The minimum atomic E-state index is -4.57. The SMILES string of the molecule is CCCOCC(=Nc1ccc(Cl)cc1C(F)(F)F)n1cncn1. The monoisotopic (exact) mass is 346 g/mol. The number of alkyl halides is 3. The highest BCUT2D eigenvalue weighted by Gasteiger charge is 2.34. The van der Waals surface area contributed by atoms with Crippen LogP contribution in [0.5, 0.6) is 0 Å². The number of aromatic nitrogens is 3. The first-order valence-electron chi connectivity index (χ1n) is 6.79. The van der Waals surface area contributed by atoms with Gasteiger partial charge in [-0.25, -0.2) is 14.7 Å². The number of aliphatic imine (C=N–C) groups is 1. The number of ether oxygens (including phenoxy) is 1. The molecule has 0 fully saturated rings. The lowest BCUT2D eigenvalue weighted by Crippen LogP contribution is -2.20. The molecule has 23 heavy (non-hydrogen) atoms. The summed E-state index contributed by atoms with van der Waals surface area (Å²) in [7, 11) is 0. The molecule has 0 bridgehead atoms. The second kappa shape index (κ2) is 7.56. The largest absolute Gasteiger partial charge is 0.418 e. The van der Waals surface area contributed by atoms with E-state index in [0.29, 0.717) is 6.61 Å². The molecule has 0 atom stereocenters. The molecule has 124 valence electrons. The lowest BCUT2D eigenvalue weighted by Gasteiger charge is -2.12. The van der Waals surface area contributed by atoms with E-state index < -0.39 is 11.7 Å². The number of hydrogen-bond acceptors (Lipinski definition) is 4. The summed E-state index contributed by atoms with van der Waals surface area (Å²) in [6.07, 6.45) is -1.18. The predicted molar refractivity (Wildman–Crippen MR) is 80.1 cm³/mol. The first kappa shape index (κ1) is 17.4. The van der Waals surface area contributed by atoms with Crippen LogP contribution >= 0.6 is 11.6 Å². The van der Waals surface area contributed by atoms with Gasteiger partial charge in [-0.15, -0.1) is 0 Å². The van der Waals surface area contributed by atoms with Crippen molar-refractivity contribution in [3.05, 3.63) is 41.4 Å². The van der Waals surface area contributed by atoms with Crippen LogP contribution in [0.25, 0.3) is 0 Å². The maximum absolute atomic E-state index is 13.1. The summed E-state index contributed by atoms with van der Waals surface area (Å²) in [4.78, 5) is 7.82. The summed E-state index contributed by atoms with van der Waals surface area (Å²) in [6, 6.07) is 3.40. The molecule has 0 aliphatic heterocycles. The molecule has 0 spiro atoms. The fraction of sp³-hybridized carbons (Fsp3) is 0.357. The third kappa shape index (κ3) is 4.77. The molecule has 0 N–H and O–H groups in total. The molecule has 0 aliphatic carbocycles. The first-order chi connectivity index (χ1) is 10.9. The minimum absolute atomic E-state index is 0.0110. The molecule has 1 aromatic heterocycles. The van der Waals surface area contributed by atoms with Gasteiger partial charge in [0.15, 0.2) is 5.84 Å². The molecular weight excluding hydrogens is 333 g/mol. The third-order valence-electron chi connectivity index (χ3n) is 2.78. The average Bonchev–Trinajstić information content (AvgIpc) is 3.01. The highest BCUT2D eigenvalue weighted by atomic mass is 35.5. The van der Waals surface area contributed by atoms with Crippen molar-refractivity contribution < 1.29 is 17.9 Å². The summed E-state index contributed by atoms with van der Waals surface area (Å²) >= 11 is 5.66. The Morgan fingerprint density at radius 3 is 2.78 bits per heavy atom. The maximum atomic E-state index is 13.1. The fourth-order valence-corrected chi connectivity index (χ4v) is 1.94. The number of hydrogen-bond donors (Lipinski definition) is 0. The zero-order chi connectivity index (χ0) is 16.9. The van der Waals surface area contributed by atoms with Gasteiger partial charge in [0, 0.05) is 11.6 Å². The third-order valence-corrected chi connectivity index (χ3v) is 3.01. The molecule has 0 unspecified atom stereocenters. The maximum Gasteiger partial charge on any atom is 0.418 e. The van der Waals surface area contributed by atoms with E-state index in [2.05, 4.69) is 15.1 Å². The van der Waals surface area contributed by atoms with Gasteiger partial charge in [-0.1, -0.05) is 18.5 Å². The Balaban J connectivity index is 2.42. The summed E-state index contributed by atoms with van der Waals surface area (Å²) in [5.41, 5.74) is -1.18. The Morgan fingerprint density at radius 2 is 2.17 bits per heavy atom. The Bertz CT molecular complexity index is 671. The van der Waals surface area contributed by atoms with E-state index in [1.165, 1.54) is 29.5 Å². The number of benzene rings is 1. The van der Waals surface area contributed by atoms with Gasteiger partial charge in [0.2, 0.25) is 0 Å². The quantitative estimate of drug-likeness (QED) is 0.468. The smallest absolute Gasteiger partial charge is 0.373 e. The summed E-state index contributed by atoms with van der Waals surface area (Å²) in [5.74, 6) is 0.198. The van der Waals surface area contributed by atoms with E-state index in [9.17, 15) is 13.2 Å². The molecule has 0 radical (unpaired) electrons. The summed E-state index contributed by atoms with van der Waals surface area (Å²) in [5, 5.41) is 3.88. The predicted octanol–water partition coefficient (Wildman–Crippen LogP) is 3.96. The van der Waals surface area contributed by atoms with Crippen molar-refractivity contribution in [3.8, 4) is 0 Å². The van der Waals surface area contributed by atoms with Crippen LogP contribution in [0.2, 0.25) is 5.02 Å². The normalized spacial score (nSPS) is 12.7. The van der Waals surface area contributed by atoms with Crippen molar-refractivity contribution in [1.29, 1.82) is 0 Å². The second-order valence-electron chi connectivity index (χ2n) is 4.58. The standard InChI is InChI=1S/C14H14ClF3N4O/c1-2-5-23-7-13(22-9-19-8-20-22)21-12-4-3-10(15)6-11(12)14(16,17)18/h3-4,6,8-9H,2,5,7H2,1H3. The van der Waals surface area contributed by atoms with Crippen molar-refractivity contribution in [1.82, 2.24) is 14.8 Å². The minimum Gasteiger partial charge on any atom is -0.373 e. The number of nitrogens with zero attached hydrogens (tertiary/aromatic N) is 4. The van der Waals surface area contributed by atoms with Crippen LogP contribution in [-0.4, -0.2) is 33.8 Å². The van der Waals surface area contributed by atoms with Crippen LogP contribution in [-0.2, 0) is 10.9 Å². The molecular formula is C14H14ClF3N4O. The molecule has 5 nitrogen and oxygen atoms in total. The van der Waals surface area contributed by atoms with Gasteiger partial charge in [0.25, 0.3) is 0 Å². The van der Waals surface area contributed by atoms with Gasteiger partial charge in [-0.2, -0.15) is 18.3 Å². The van der Waals surface area contributed by atoms with Crippen LogP contribution in [0.1, 0.15) is 18.9 Å². The van der Waals surface area contributed by atoms with E-state index in [-0.39, 0.29) is 23.2 Å². The van der Waals surface area contributed by atoms with Crippen LogP contribution in [0, 0.1) is 0 Å². The fourth-order valence-electron chi connectivity index (χ4n) is 1.77. The van der Waals surface area contributed by atoms with E-state index in [1.54, 1.807) is 0 Å². The Labute approximate surface area is 135 Å². The van der Waals surface area contributed by atoms with Crippen molar-refractivity contribution >= 4 is 23.1 Å². The number of rotatable bonds is 5. The zero-order valence-electron chi connectivity index (χ0n) is 12.2. The highest BCUT2D eigenvalue weighted by molar-refractivity contribution is 6.30. The van der Waals surface area contributed by atoms with Gasteiger partial charge in [-0.05, 0) is 24.6 Å². The second-order valence-corrected chi connectivity index (χ2v) is 5.02. The van der Waals surface area contributed by atoms with Crippen LogP contribution in [0.3, 0.4) is 0 Å². The topological polar surface area (TPSA) is 52.3 Å². The Morgan fingerprint density at radius 1 is 1.39 bits per heavy atom. The molecule has 1 heterocycles. The van der Waals surface area contributed by atoms with Gasteiger partial charge >= 0.3 is 6.18 Å². The van der Waals surface area contributed by atoms with E-state index >= 15 is 0 Å². The lowest BCUT2D eigenvalue weighted by atomic mass is 10.1. The van der Waals surface area contributed by atoms with Gasteiger partial charge in [-0.3, -0.25) is 0 Å². The molecule has 0 saturated heterocycles. The first-order valence-corrected chi connectivity index (χ1v) is 7.16. The molecule has 9 heteroatoms. The van der Waals surface area contributed by atoms with E-state index in [4.69, 9.17) is 16.3 Å². The highest BCUT2D eigenvalue weighted by Crippen LogP contribution is 2.38. The van der Waals surface area contributed by atoms with Crippen LogP contribution in [0.4, 0.5) is 18.9 Å². The Hall–Kier alpha value is -1.93. The zero-order valence-corrected chi connectivity index (χ0v) is 13.0. The van der Waals surface area contributed by atoms with Crippen LogP contribution < -0.4 is 0 Å². The van der Waals surface area contributed by atoms with Crippen LogP contribution in [0.15, 0.2) is 35.8 Å². The summed E-state index contributed by atoms with van der Waals surface area (Å²) in [6.45, 7) is 2.39. The summed E-state index contributed by atoms with van der Waals surface area (Å²) < 4.78 is 46.0. The molecule has 2 rings (SSSR count). The molecule has 0 saturated carbocycles.